The Labute approximate surface area is 164 Å². The van der Waals surface area contributed by atoms with Crippen molar-refractivity contribution in [2.45, 2.75) is 0 Å². The minimum atomic E-state index is -0.589. The summed E-state index contributed by atoms with van der Waals surface area (Å²) >= 11 is 11.9. The van der Waals surface area contributed by atoms with Crippen LogP contribution in [0, 0.1) is 5.82 Å². The molecule has 136 valence electrons. The number of benzene rings is 2. The summed E-state index contributed by atoms with van der Waals surface area (Å²) in [6, 6.07) is 10.6. The van der Waals surface area contributed by atoms with E-state index in [4.69, 9.17) is 23.2 Å². The Kier molecular flexibility index (Phi) is 4.55. The van der Waals surface area contributed by atoms with E-state index in [0.29, 0.717) is 15.7 Å². The van der Waals surface area contributed by atoms with Crippen molar-refractivity contribution in [1.82, 2.24) is 19.7 Å². The fourth-order valence-corrected chi connectivity index (χ4v) is 2.87. The van der Waals surface area contributed by atoms with Crippen molar-refractivity contribution in [3.63, 3.8) is 0 Å². The molecule has 9 heteroatoms. The zero-order chi connectivity index (χ0) is 19.0. The number of hydrogen-bond acceptors (Lipinski definition) is 5. The Bertz CT molecular complexity index is 1140. The van der Waals surface area contributed by atoms with E-state index in [1.807, 2.05) is 25.2 Å². The van der Waals surface area contributed by atoms with Gasteiger partial charge < -0.3 is 10.6 Å². The van der Waals surface area contributed by atoms with Crippen molar-refractivity contribution < 1.29 is 4.39 Å². The number of rotatable bonds is 4. The molecule has 0 atom stereocenters. The molecule has 0 unspecified atom stereocenters. The number of anilines is 4. The van der Waals surface area contributed by atoms with Gasteiger partial charge in [-0.3, -0.25) is 4.68 Å². The molecule has 2 aromatic carbocycles. The molecule has 4 rings (SSSR count). The molecule has 0 aliphatic carbocycles. The lowest BCUT2D eigenvalue weighted by atomic mass is 10.2. The summed E-state index contributed by atoms with van der Waals surface area (Å²) in [5, 5.41) is 11.9. The van der Waals surface area contributed by atoms with Crippen molar-refractivity contribution in [2.24, 2.45) is 7.05 Å². The molecule has 0 bridgehead atoms. The molecule has 6 nitrogen and oxygen atoms in total. The van der Waals surface area contributed by atoms with Crippen LogP contribution in [0.5, 0.6) is 0 Å². The zero-order valence-corrected chi connectivity index (χ0v) is 15.6. The van der Waals surface area contributed by atoms with Crippen molar-refractivity contribution in [2.75, 3.05) is 10.6 Å². The topological polar surface area (TPSA) is 67.7 Å². The predicted octanol–water partition coefficient (Wildman–Crippen LogP) is 5.30. The van der Waals surface area contributed by atoms with Crippen LogP contribution in [0.2, 0.25) is 10.0 Å². The molecule has 0 saturated heterocycles. The third-order valence-corrected chi connectivity index (χ3v) is 4.67. The molecule has 0 saturated carbocycles. The number of halogens is 3. The fraction of sp³-hybridized carbons (Fsp3) is 0.0556. The van der Waals surface area contributed by atoms with Gasteiger partial charge in [0.05, 0.1) is 28.0 Å². The molecule has 0 fully saturated rings. The molecule has 2 N–H and O–H groups in total. The quantitative estimate of drug-likeness (QED) is 0.484. The van der Waals surface area contributed by atoms with Gasteiger partial charge in [0, 0.05) is 23.8 Å². The summed E-state index contributed by atoms with van der Waals surface area (Å²) in [6.07, 6.45) is 2.88. The van der Waals surface area contributed by atoms with E-state index >= 15 is 0 Å². The number of nitrogens with one attached hydrogen (secondary N) is 2. The summed E-state index contributed by atoms with van der Waals surface area (Å²) in [6.45, 7) is 0. The van der Waals surface area contributed by atoms with Crippen LogP contribution < -0.4 is 10.6 Å². The van der Waals surface area contributed by atoms with Gasteiger partial charge in [-0.1, -0.05) is 23.2 Å². The van der Waals surface area contributed by atoms with Gasteiger partial charge >= 0.3 is 0 Å². The lowest BCUT2D eigenvalue weighted by Gasteiger charge is -2.10. The Morgan fingerprint density at radius 3 is 2.56 bits per heavy atom. The van der Waals surface area contributed by atoms with Gasteiger partial charge in [-0.15, -0.1) is 0 Å². The molecule has 4 aromatic rings. The monoisotopic (exact) mass is 402 g/mol. The summed E-state index contributed by atoms with van der Waals surface area (Å²) in [7, 11) is 1.86. The Hall–Kier alpha value is -2.90. The number of nitrogens with zero attached hydrogens (tertiary/aromatic N) is 4. The van der Waals surface area contributed by atoms with Crippen LogP contribution in [-0.2, 0) is 7.05 Å². The van der Waals surface area contributed by atoms with E-state index in [1.165, 1.54) is 0 Å². The van der Waals surface area contributed by atoms with Gasteiger partial charge in [0.1, 0.15) is 0 Å². The molecule has 0 spiro atoms. The van der Waals surface area contributed by atoms with Crippen molar-refractivity contribution in [3.05, 3.63) is 64.7 Å². The van der Waals surface area contributed by atoms with Gasteiger partial charge in [0.25, 0.3) is 0 Å². The highest BCUT2D eigenvalue weighted by Crippen LogP contribution is 2.28. The number of aromatic nitrogens is 4. The van der Waals surface area contributed by atoms with Crippen molar-refractivity contribution >= 4 is 57.2 Å². The van der Waals surface area contributed by atoms with Crippen LogP contribution in [0.3, 0.4) is 0 Å². The zero-order valence-electron chi connectivity index (χ0n) is 14.0. The highest BCUT2D eigenvalue weighted by Gasteiger charge is 2.10. The summed E-state index contributed by atoms with van der Waals surface area (Å²) < 4.78 is 15.9. The van der Waals surface area contributed by atoms with Crippen LogP contribution in [0.15, 0.2) is 48.8 Å². The number of hydrogen-bond donors (Lipinski definition) is 2. The average molecular weight is 403 g/mol. The van der Waals surface area contributed by atoms with E-state index in [1.54, 1.807) is 29.1 Å². The molecular weight excluding hydrogens is 390 g/mol. The summed E-state index contributed by atoms with van der Waals surface area (Å²) in [4.78, 5) is 8.19. The summed E-state index contributed by atoms with van der Waals surface area (Å²) in [5.74, 6) is -0.318. The lowest BCUT2D eigenvalue weighted by molar-refractivity contribution is 0.619. The molecule has 0 aliphatic heterocycles. The second kappa shape index (κ2) is 7.02. The Balaban J connectivity index is 1.60. The van der Waals surface area contributed by atoms with Crippen LogP contribution in [0.1, 0.15) is 0 Å². The SMILES string of the molecule is Cn1ncc2ccc(Nc3ncc(F)c(Nc4ccc(Cl)c(Cl)c4)n3)cc21. The van der Waals surface area contributed by atoms with Crippen LogP contribution in [0.4, 0.5) is 27.5 Å². The van der Waals surface area contributed by atoms with Gasteiger partial charge in [-0.05, 0) is 36.4 Å². The number of aryl methyl sites for hydroxylation is 1. The van der Waals surface area contributed by atoms with Crippen molar-refractivity contribution in [3.8, 4) is 0 Å². The molecule has 27 heavy (non-hydrogen) atoms. The van der Waals surface area contributed by atoms with E-state index in [2.05, 4.69) is 25.7 Å². The molecule has 0 amide bonds. The predicted molar refractivity (Wildman–Crippen MR) is 106 cm³/mol. The van der Waals surface area contributed by atoms with Crippen LogP contribution in [0.25, 0.3) is 10.9 Å². The highest BCUT2D eigenvalue weighted by molar-refractivity contribution is 6.42. The van der Waals surface area contributed by atoms with Crippen LogP contribution >= 0.6 is 23.2 Å². The molecule has 0 radical (unpaired) electrons. The van der Waals surface area contributed by atoms with E-state index in [-0.39, 0.29) is 11.8 Å². The van der Waals surface area contributed by atoms with Crippen molar-refractivity contribution in [1.29, 1.82) is 0 Å². The standard InChI is InChI=1S/C18H13Cl2FN6/c1-27-16-7-12(3-2-10(16)8-23-27)25-18-22-9-15(21)17(26-18)24-11-4-5-13(19)14(20)6-11/h2-9H,1H3,(H2,22,24,25,26). The van der Waals surface area contributed by atoms with E-state index in [9.17, 15) is 4.39 Å². The largest absolute Gasteiger partial charge is 0.338 e. The first kappa shape index (κ1) is 17.5. The van der Waals surface area contributed by atoms with Gasteiger partial charge in [-0.2, -0.15) is 10.1 Å². The molecule has 2 aromatic heterocycles. The fourth-order valence-electron chi connectivity index (χ4n) is 2.58. The first-order chi connectivity index (χ1) is 13.0. The van der Waals surface area contributed by atoms with E-state index < -0.39 is 5.82 Å². The van der Waals surface area contributed by atoms with Gasteiger partial charge in [0.2, 0.25) is 5.95 Å². The summed E-state index contributed by atoms with van der Waals surface area (Å²) in [5.41, 5.74) is 2.28. The van der Waals surface area contributed by atoms with Crippen LogP contribution in [-0.4, -0.2) is 19.7 Å². The second-order valence-corrected chi connectivity index (χ2v) is 6.63. The van der Waals surface area contributed by atoms with Gasteiger partial charge in [0.15, 0.2) is 11.6 Å². The number of fused-ring (bicyclic) bond motifs is 1. The maximum Gasteiger partial charge on any atom is 0.229 e. The third-order valence-electron chi connectivity index (χ3n) is 3.93. The molecular formula is C18H13Cl2FN6. The minimum absolute atomic E-state index is 0.0208. The average Bonchev–Trinajstić information content (AvgIpc) is 3.02. The molecule has 0 aliphatic rings. The first-order valence-electron chi connectivity index (χ1n) is 7.93. The lowest BCUT2D eigenvalue weighted by Crippen LogP contribution is -2.03. The van der Waals surface area contributed by atoms with E-state index in [0.717, 1.165) is 22.8 Å². The maximum absolute atomic E-state index is 14.1. The third kappa shape index (κ3) is 3.65. The Morgan fingerprint density at radius 2 is 1.74 bits per heavy atom. The van der Waals surface area contributed by atoms with Gasteiger partial charge in [-0.25, -0.2) is 9.37 Å². The molecule has 2 heterocycles. The smallest absolute Gasteiger partial charge is 0.229 e. The maximum atomic E-state index is 14.1. The first-order valence-corrected chi connectivity index (χ1v) is 8.68. The minimum Gasteiger partial charge on any atom is -0.338 e. The highest BCUT2D eigenvalue weighted by atomic mass is 35.5. The Morgan fingerprint density at radius 1 is 0.963 bits per heavy atom. The normalized spacial score (nSPS) is 11.0. The second-order valence-electron chi connectivity index (χ2n) is 5.81.